The number of quaternary nitrogens is 1. The summed E-state index contributed by atoms with van der Waals surface area (Å²) in [7, 11) is 1.57. The van der Waals surface area contributed by atoms with Gasteiger partial charge in [0.15, 0.2) is 0 Å². The van der Waals surface area contributed by atoms with Gasteiger partial charge >= 0.3 is 7.82 Å². The quantitative estimate of drug-likeness (QED) is 0.0226. The summed E-state index contributed by atoms with van der Waals surface area (Å²) >= 11 is 0. The third-order valence-electron chi connectivity index (χ3n) is 15.0. The molecular formula is C69H101NO12P+. The molecule has 5 aromatic rings. The first-order valence-corrected chi connectivity index (χ1v) is 32.6. The number of ether oxygens (including phenoxy) is 8. The Morgan fingerprint density at radius 3 is 1.02 bits per heavy atom. The maximum Gasteiger partial charge on any atom is 0.472 e. The maximum absolute atomic E-state index is 13.2. The fourth-order valence-corrected chi connectivity index (χ4v) is 11.0. The molecule has 1 aliphatic carbocycles. The number of likely N-dealkylation sites (N-methyl/N-ethyl adjacent to an activating group) is 1. The number of nitrogens with zero attached hydrogens (tertiary/aromatic N) is 1. The minimum atomic E-state index is -4.41. The maximum atomic E-state index is 13.2. The topological polar surface area (TPSA) is 130 Å². The van der Waals surface area contributed by atoms with Crippen LogP contribution >= 0.6 is 7.82 Å². The molecule has 0 radical (unpaired) electrons. The molecule has 1 unspecified atom stereocenters. The summed E-state index contributed by atoms with van der Waals surface area (Å²) in [5.41, 5.74) is 4.93. The molecule has 0 heterocycles. The molecule has 8 atom stereocenters. The molecule has 0 spiro atoms. The number of hydrogen-bond donors (Lipinski definition) is 1. The zero-order valence-corrected chi connectivity index (χ0v) is 51.5. The summed E-state index contributed by atoms with van der Waals surface area (Å²) in [4.78, 5) is 10.8. The van der Waals surface area contributed by atoms with E-state index in [1.807, 2.05) is 173 Å². The van der Waals surface area contributed by atoms with Gasteiger partial charge in [0.1, 0.15) is 55.9 Å². The third kappa shape index (κ3) is 28.3. The number of hydrogen-bond acceptors (Lipinski definition) is 11. The largest absolute Gasteiger partial charge is 0.472 e. The summed E-state index contributed by atoms with van der Waals surface area (Å²) in [6.45, 7) is 4.83. The molecule has 83 heavy (non-hydrogen) atoms. The molecule has 0 amide bonds. The van der Waals surface area contributed by atoms with E-state index in [1.165, 1.54) is 89.9 Å². The van der Waals surface area contributed by atoms with Crippen LogP contribution in [-0.2, 0) is 84.5 Å². The van der Waals surface area contributed by atoms with Crippen molar-refractivity contribution >= 4 is 7.82 Å². The first-order chi connectivity index (χ1) is 40.6. The van der Waals surface area contributed by atoms with Gasteiger partial charge in [-0.25, -0.2) is 4.57 Å². The zero-order valence-electron chi connectivity index (χ0n) is 50.6. The van der Waals surface area contributed by atoms with Gasteiger partial charge in [0.25, 0.3) is 0 Å². The Balaban J connectivity index is 1.18. The number of unbranched alkanes of at least 4 members (excludes halogenated alkanes) is 15. The lowest BCUT2D eigenvalue weighted by Gasteiger charge is -2.49. The Labute approximate surface area is 498 Å². The number of rotatable bonds is 46. The van der Waals surface area contributed by atoms with Crippen molar-refractivity contribution in [3.05, 3.63) is 179 Å². The van der Waals surface area contributed by atoms with Crippen LogP contribution in [0.4, 0.5) is 0 Å². The Hall–Kier alpha value is -4.15. The Bertz CT molecular complexity index is 2300. The highest BCUT2D eigenvalue weighted by atomic mass is 31.2. The van der Waals surface area contributed by atoms with E-state index in [2.05, 4.69) is 6.92 Å². The number of phosphoric acid groups is 1. The highest BCUT2D eigenvalue weighted by Gasteiger charge is 2.55. The first kappa shape index (κ1) is 68.0. The van der Waals surface area contributed by atoms with Crippen LogP contribution in [-0.4, -0.2) is 119 Å². The monoisotopic (exact) mass is 1170 g/mol. The first-order valence-electron chi connectivity index (χ1n) is 31.1. The molecule has 1 fully saturated rings. The molecule has 1 aliphatic rings. The van der Waals surface area contributed by atoms with Gasteiger partial charge in [-0.3, -0.25) is 9.05 Å². The lowest BCUT2D eigenvalue weighted by atomic mass is 9.83. The van der Waals surface area contributed by atoms with Gasteiger partial charge in [-0.2, -0.15) is 0 Å². The number of benzene rings is 5. The smallest absolute Gasteiger partial charge is 0.379 e. The van der Waals surface area contributed by atoms with Crippen molar-refractivity contribution in [1.29, 1.82) is 0 Å². The van der Waals surface area contributed by atoms with Crippen LogP contribution in [0.15, 0.2) is 152 Å². The summed E-state index contributed by atoms with van der Waals surface area (Å²) in [5.74, 6) is 0. The summed E-state index contributed by atoms with van der Waals surface area (Å²) in [6.07, 6.45) is 15.5. The second-order valence-corrected chi connectivity index (χ2v) is 24.6. The fraction of sp³-hybridized carbons (Fsp3) is 0.565. The van der Waals surface area contributed by atoms with E-state index in [4.69, 9.17) is 46.9 Å². The predicted molar refractivity (Wildman–Crippen MR) is 330 cm³/mol. The van der Waals surface area contributed by atoms with Crippen molar-refractivity contribution < 1.29 is 60.9 Å². The van der Waals surface area contributed by atoms with Gasteiger partial charge in [0.05, 0.1) is 80.6 Å². The van der Waals surface area contributed by atoms with Gasteiger partial charge in [0.2, 0.25) is 0 Å². The minimum absolute atomic E-state index is 0.0546. The van der Waals surface area contributed by atoms with E-state index < -0.39 is 50.6 Å². The lowest BCUT2D eigenvalue weighted by Crippen LogP contribution is -2.67. The van der Waals surface area contributed by atoms with Crippen LogP contribution in [0.5, 0.6) is 0 Å². The van der Waals surface area contributed by atoms with Gasteiger partial charge in [0, 0.05) is 6.61 Å². The third-order valence-corrected chi connectivity index (χ3v) is 16.0. The van der Waals surface area contributed by atoms with Gasteiger partial charge in [-0.05, 0) is 34.2 Å². The minimum Gasteiger partial charge on any atom is -0.379 e. The van der Waals surface area contributed by atoms with Crippen molar-refractivity contribution in [2.75, 3.05) is 67.3 Å². The summed E-state index contributed by atoms with van der Waals surface area (Å²) < 4.78 is 80.0. The van der Waals surface area contributed by atoms with Crippen molar-refractivity contribution in [3.63, 3.8) is 0 Å². The van der Waals surface area contributed by atoms with Crippen LogP contribution in [0.2, 0.25) is 0 Å². The molecule has 1 saturated carbocycles. The molecule has 0 saturated heterocycles. The molecule has 0 bridgehead atoms. The molecule has 1 N–H and O–H groups in total. The van der Waals surface area contributed by atoms with E-state index in [0.29, 0.717) is 17.6 Å². The summed E-state index contributed by atoms with van der Waals surface area (Å²) in [5, 5.41) is 0. The highest BCUT2D eigenvalue weighted by Crippen LogP contribution is 2.43. The zero-order chi connectivity index (χ0) is 58.5. The Kier molecular flexibility index (Phi) is 33.0. The van der Waals surface area contributed by atoms with Crippen LogP contribution < -0.4 is 0 Å². The van der Waals surface area contributed by atoms with Crippen LogP contribution in [0.25, 0.3) is 0 Å². The molecule has 6 rings (SSSR count). The van der Waals surface area contributed by atoms with E-state index in [-0.39, 0.29) is 66.1 Å². The SMILES string of the molecule is CCCCCCCCCCCCCCCCCCOC[C@H](COP(=O)(O)OCC[N+](C)(C)C)OCCO[C@@H]1[C@@H](OCc2ccccc2)[C@H](OCc2ccccc2)[C@@H](OCc2ccccc2)[C@H](OCc2ccccc2)[C@@H]1OCc1ccccc1. The summed E-state index contributed by atoms with van der Waals surface area (Å²) in [6, 6.07) is 50.4. The molecule has 0 aliphatic heterocycles. The average molecular weight is 1170 g/mol. The second kappa shape index (κ2) is 40.3. The lowest BCUT2D eigenvalue weighted by molar-refractivity contribution is -0.870. The van der Waals surface area contributed by atoms with Crippen LogP contribution in [0.3, 0.4) is 0 Å². The van der Waals surface area contributed by atoms with Crippen molar-refractivity contribution in [3.8, 4) is 0 Å². The normalized spacial score (nSPS) is 19.4. The van der Waals surface area contributed by atoms with Gasteiger partial charge in [-0.15, -0.1) is 0 Å². The fourth-order valence-electron chi connectivity index (χ4n) is 10.2. The standard InChI is InChI=1S/C69H100NO12P/c1-5-6-7-8-9-10-11-12-13-14-15-16-17-18-19-35-47-73-56-63(57-82-83(71,72)81-48-46-70(2,3)4)74-49-50-75-64-65(76-51-58-36-25-20-26-37-58)67(78-53-60-40-29-22-30-41-60)69(80-55-62-44-33-24-34-45-62)68(79-54-61-42-31-23-32-43-61)66(64)77-52-59-38-27-21-28-39-59/h20-34,36-45,63-69H,5-19,35,46-57H2,1-4H3/p+1/t63-,64-,65-,66-,67+,68-,69-/m1/s1. The van der Waals surface area contributed by atoms with Gasteiger partial charge < -0.3 is 47.3 Å². The molecule has 14 heteroatoms. The Morgan fingerprint density at radius 2 is 0.699 bits per heavy atom. The van der Waals surface area contributed by atoms with Crippen LogP contribution in [0.1, 0.15) is 137 Å². The Morgan fingerprint density at radius 1 is 0.386 bits per heavy atom. The molecular weight excluding hydrogens is 1070 g/mol. The molecule has 5 aromatic carbocycles. The van der Waals surface area contributed by atoms with Crippen molar-refractivity contribution in [1.82, 2.24) is 0 Å². The van der Waals surface area contributed by atoms with E-state index in [9.17, 15) is 9.46 Å². The molecule has 13 nitrogen and oxygen atoms in total. The van der Waals surface area contributed by atoms with E-state index in [1.54, 1.807) is 0 Å². The predicted octanol–water partition coefficient (Wildman–Crippen LogP) is 14.8. The van der Waals surface area contributed by atoms with E-state index in [0.717, 1.165) is 40.7 Å². The highest BCUT2D eigenvalue weighted by molar-refractivity contribution is 7.47. The van der Waals surface area contributed by atoms with Crippen molar-refractivity contribution in [2.24, 2.45) is 0 Å². The average Bonchev–Trinajstić information content (AvgIpc) is 3.40. The van der Waals surface area contributed by atoms with Crippen LogP contribution in [0, 0.1) is 0 Å². The molecule has 458 valence electrons. The van der Waals surface area contributed by atoms with Gasteiger partial charge in [-0.1, -0.05) is 255 Å². The van der Waals surface area contributed by atoms with E-state index >= 15 is 0 Å². The number of phosphoric ester groups is 1. The second-order valence-electron chi connectivity index (χ2n) is 23.1. The van der Waals surface area contributed by atoms with Crippen molar-refractivity contribution in [2.45, 2.75) is 185 Å². The molecule has 0 aromatic heterocycles.